The summed E-state index contributed by atoms with van der Waals surface area (Å²) in [6.07, 6.45) is 6.98. The Kier molecular flexibility index (Phi) is 7.03. The molecule has 234 valence electrons. The van der Waals surface area contributed by atoms with Gasteiger partial charge in [-0.05, 0) is 75.6 Å². The fourth-order valence-electron chi connectivity index (χ4n) is 6.80. The minimum atomic E-state index is -4.26. The van der Waals surface area contributed by atoms with E-state index in [1.807, 2.05) is 22.0 Å². The Labute approximate surface area is 253 Å². The van der Waals surface area contributed by atoms with Crippen LogP contribution in [-0.4, -0.2) is 71.3 Å². The minimum absolute atomic E-state index is 0.0304. The third kappa shape index (κ3) is 5.07. The van der Waals surface area contributed by atoms with Crippen molar-refractivity contribution in [3.05, 3.63) is 41.6 Å². The average molecular weight is 628 g/mol. The lowest BCUT2D eigenvalue weighted by Crippen LogP contribution is -2.52. The molecule has 3 aliphatic rings. The molecule has 2 bridgehead atoms. The number of hydrogen-bond acceptors (Lipinski definition) is 7. The third-order valence-corrected chi connectivity index (χ3v) is 10.2. The Hall–Kier alpha value is -3.78. The van der Waals surface area contributed by atoms with Crippen molar-refractivity contribution in [3.8, 4) is 17.3 Å². The van der Waals surface area contributed by atoms with Gasteiger partial charge in [-0.15, -0.1) is 0 Å². The highest BCUT2D eigenvalue weighted by molar-refractivity contribution is 7.92. The Morgan fingerprint density at radius 2 is 1.91 bits per heavy atom. The number of imidazole rings is 1. The first kappa shape index (κ1) is 29.0. The van der Waals surface area contributed by atoms with Crippen LogP contribution in [0.4, 0.5) is 14.6 Å². The molecule has 4 aromatic heterocycles. The molecule has 2 N–H and O–H groups in total. The van der Waals surface area contributed by atoms with E-state index in [4.69, 9.17) is 9.72 Å². The number of alkyl halides is 2. The molecule has 1 amide bonds. The summed E-state index contributed by atoms with van der Waals surface area (Å²) in [6, 6.07) is 9.16. The fourth-order valence-corrected chi connectivity index (χ4v) is 7.53. The van der Waals surface area contributed by atoms with Crippen molar-refractivity contribution in [3.63, 3.8) is 0 Å². The van der Waals surface area contributed by atoms with Crippen LogP contribution in [0, 0.1) is 12.8 Å². The first-order chi connectivity index (χ1) is 21.0. The quantitative estimate of drug-likeness (QED) is 0.268. The van der Waals surface area contributed by atoms with Crippen LogP contribution in [0.15, 0.2) is 30.3 Å². The van der Waals surface area contributed by atoms with Gasteiger partial charge in [0.05, 0.1) is 24.8 Å². The number of nitrogens with zero attached hydrogens (tertiary/aromatic N) is 5. The number of ether oxygens (including phenoxy) is 1. The highest BCUT2D eigenvalue weighted by atomic mass is 32.2. The Balaban J connectivity index is 1.30. The van der Waals surface area contributed by atoms with Gasteiger partial charge in [0.25, 0.3) is 5.91 Å². The van der Waals surface area contributed by atoms with Crippen molar-refractivity contribution in [2.45, 2.75) is 76.7 Å². The van der Waals surface area contributed by atoms with Gasteiger partial charge >= 0.3 is 6.55 Å². The number of amides is 1. The molecule has 1 aliphatic carbocycles. The number of carbonyl (C=O) groups is 1. The summed E-state index contributed by atoms with van der Waals surface area (Å²) in [7, 11) is -2.72. The number of pyridine rings is 2. The van der Waals surface area contributed by atoms with E-state index in [1.54, 1.807) is 25.3 Å². The largest absolute Gasteiger partial charge is 0.482 e. The van der Waals surface area contributed by atoms with Crippen molar-refractivity contribution in [1.82, 2.24) is 29.6 Å². The lowest BCUT2D eigenvalue weighted by atomic mass is 9.99. The van der Waals surface area contributed by atoms with Crippen LogP contribution in [0.3, 0.4) is 0 Å². The number of aryl methyl sites for hydroxylation is 1. The zero-order valence-electron chi connectivity index (χ0n) is 24.8. The molecule has 2 saturated heterocycles. The van der Waals surface area contributed by atoms with E-state index in [9.17, 15) is 22.0 Å². The number of fused-ring (bicyclic) bond motifs is 4. The molecule has 14 heteroatoms. The summed E-state index contributed by atoms with van der Waals surface area (Å²) in [5.41, 5.74) is 3.49. The van der Waals surface area contributed by atoms with Crippen molar-refractivity contribution in [2.24, 2.45) is 5.92 Å². The first-order valence-electron chi connectivity index (χ1n) is 14.9. The molecule has 6 heterocycles. The van der Waals surface area contributed by atoms with Crippen LogP contribution in [0.5, 0.6) is 5.88 Å². The van der Waals surface area contributed by atoms with Crippen LogP contribution in [-0.2, 0) is 16.6 Å². The molecule has 7 rings (SSSR count). The number of piperidine rings is 1. The number of carbonyl (C=O) groups excluding carboxylic acids is 1. The summed E-state index contributed by atoms with van der Waals surface area (Å²) in [4.78, 5) is 22.8. The van der Waals surface area contributed by atoms with Crippen LogP contribution in [0.1, 0.15) is 54.6 Å². The number of halogens is 2. The predicted molar refractivity (Wildman–Crippen MR) is 162 cm³/mol. The van der Waals surface area contributed by atoms with Crippen molar-refractivity contribution < 1.29 is 26.7 Å². The monoisotopic (exact) mass is 627 g/mol. The van der Waals surface area contributed by atoms with E-state index in [0.717, 1.165) is 56.2 Å². The van der Waals surface area contributed by atoms with Crippen LogP contribution in [0.25, 0.3) is 28.1 Å². The SMILES string of the molecule is COc1cc(C(=O)N[C@@H]2CC[C@@H]3CC[C@H]2N3)cc2nc(-c3cc4ccc(N(C(F)F)S(C)(=O)=O)nc4n3CC3CC3)c(C)n12. The number of rotatable bonds is 9. The van der Waals surface area contributed by atoms with Gasteiger partial charge in [0.2, 0.25) is 10.0 Å². The summed E-state index contributed by atoms with van der Waals surface area (Å²) in [5.74, 6) is 0.321. The van der Waals surface area contributed by atoms with E-state index in [-0.39, 0.29) is 28.1 Å². The third-order valence-electron chi connectivity index (χ3n) is 9.16. The van der Waals surface area contributed by atoms with E-state index in [0.29, 0.717) is 52.3 Å². The van der Waals surface area contributed by atoms with Crippen molar-refractivity contribution in [1.29, 1.82) is 0 Å². The fraction of sp³-hybridized carbons (Fsp3) is 0.500. The standard InChI is InChI=1S/C30H35F2N7O4S/c1-16-27(23-12-18-6-11-24(39(30(31)32)44(3,41)42)36-28(18)37(23)15-17-4-5-17)35-25-13-19(14-26(43-2)38(16)25)29(40)34-22-10-8-20-7-9-21(22)33-20/h6,11-14,17,20-22,30,33H,4-5,7-10,15H2,1-3H3,(H,34,40)/t20-,21+,22+/m0/s1. The Morgan fingerprint density at radius 3 is 2.61 bits per heavy atom. The number of aromatic nitrogens is 4. The summed E-state index contributed by atoms with van der Waals surface area (Å²) in [6.45, 7) is -0.786. The van der Waals surface area contributed by atoms with Gasteiger partial charge in [0, 0.05) is 41.7 Å². The minimum Gasteiger partial charge on any atom is -0.482 e. The molecule has 11 nitrogen and oxygen atoms in total. The second-order valence-corrected chi connectivity index (χ2v) is 14.1. The van der Waals surface area contributed by atoms with Gasteiger partial charge in [-0.2, -0.15) is 13.1 Å². The van der Waals surface area contributed by atoms with E-state index >= 15 is 0 Å². The zero-order chi connectivity index (χ0) is 30.9. The van der Waals surface area contributed by atoms with E-state index < -0.39 is 16.6 Å². The molecule has 44 heavy (non-hydrogen) atoms. The highest BCUT2D eigenvalue weighted by Gasteiger charge is 2.36. The van der Waals surface area contributed by atoms with Crippen LogP contribution in [0.2, 0.25) is 0 Å². The molecule has 3 fully saturated rings. The molecule has 4 aromatic rings. The molecule has 1 saturated carbocycles. The van der Waals surface area contributed by atoms with Gasteiger partial charge in [0.1, 0.15) is 22.8 Å². The van der Waals surface area contributed by atoms with Gasteiger partial charge in [0.15, 0.2) is 5.88 Å². The number of anilines is 1. The lowest BCUT2D eigenvalue weighted by Gasteiger charge is -2.30. The summed E-state index contributed by atoms with van der Waals surface area (Å²) < 4.78 is 61.5. The van der Waals surface area contributed by atoms with Crippen LogP contribution >= 0.6 is 0 Å². The Morgan fingerprint density at radius 1 is 1.14 bits per heavy atom. The van der Waals surface area contributed by atoms with Crippen LogP contribution < -0.4 is 19.7 Å². The molecule has 0 spiro atoms. The highest BCUT2D eigenvalue weighted by Crippen LogP contribution is 2.38. The number of methoxy groups -OCH3 is 1. The average Bonchev–Trinajstić information content (AvgIpc) is 3.48. The zero-order valence-corrected chi connectivity index (χ0v) is 25.6. The maximum atomic E-state index is 13.8. The molecule has 0 radical (unpaired) electrons. The van der Waals surface area contributed by atoms with Gasteiger partial charge in [-0.1, -0.05) is 0 Å². The van der Waals surface area contributed by atoms with Gasteiger partial charge in [-0.3, -0.25) is 9.20 Å². The molecular formula is C30H35F2N7O4S. The molecule has 3 atom stereocenters. The summed E-state index contributed by atoms with van der Waals surface area (Å²) in [5, 5.41) is 7.49. The smallest absolute Gasteiger partial charge is 0.329 e. The maximum absolute atomic E-state index is 13.8. The van der Waals surface area contributed by atoms with Crippen molar-refractivity contribution >= 4 is 38.4 Å². The molecule has 0 unspecified atom stereocenters. The second kappa shape index (κ2) is 10.7. The molecule has 0 aromatic carbocycles. The number of sulfonamides is 1. The lowest BCUT2D eigenvalue weighted by molar-refractivity contribution is 0.0919. The normalized spacial score (nSPS) is 21.8. The predicted octanol–water partition coefficient (Wildman–Crippen LogP) is 4.08. The molecular weight excluding hydrogens is 592 g/mol. The number of hydrogen-bond donors (Lipinski definition) is 2. The second-order valence-electron chi connectivity index (χ2n) is 12.2. The topological polar surface area (TPSA) is 123 Å². The maximum Gasteiger partial charge on any atom is 0.329 e. The first-order valence-corrected chi connectivity index (χ1v) is 16.8. The van der Waals surface area contributed by atoms with Crippen molar-refractivity contribution in [2.75, 3.05) is 17.7 Å². The summed E-state index contributed by atoms with van der Waals surface area (Å²) >= 11 is 0. The van der Waals surface area contributed by atoms with E-state index in [1.165, 1.54) is 6.07 Å². The van der Waals surface area contributed by atoms with Gasteiger partial charge < -0.3 is 19.9 Å². The van der Waals surface area contributed by atoms with Gasteiger partial charge in [-0.25, -0.2) is 18.4 Å². The molecule has 2 aliphatic heterocycles. The van der Waals surface area contributed by atoms with E-state index in [2.05, 4.69) is 15.6 Å². The Bertz CT molecular complexity index is 1890. The number of nitrogens with one attached hydrogen (secondary N) is 2.